The maximum Gasteiger partial charge on any atom is 0.342 e. The predicted molar refractivity (Wildman–Crippen MR) is 80.4 cm³/mol. The Labute approximate surface area is 129 Å². The van der Waals surface area contributed by atoms with E-state index in [1.807, 2.05) is 13.8 Å². The van der Waals surface area contributed by atoms with Crippen molar-refractivity contribution in [3.8, 4) is 5.75 Å². The van der Waals surface area contributed by atoms with Gasteiger partial charge in [-0.15, -0.1) is 0 Å². The molecule has 0 aliphatic rings. The Bertz CT molecular complexity index is 610. The molecule has 0 aromatic heterocycles. The highest BCUT2D eigenvalue weighted by molar-refractivity contribution is 8.13. The number of hydrogen-bond acceptors (Lipinski definition) is 5. The maximum atomic E-state index is 12.2. The van der Waals surface area contributed by atoms with E-state index in [9.17, 15) is 13.2 Å². The minimum absolute atomic E-state index is 0.0473. The molecule has 1 aromatic rings. The third-order valence-corrected chi connectivity index (χ3v) is 4.34. The van der Waals surface area contributed by atoms with E-state index in [1.54, 1.807) is 13.8 Å². The van der Waals surface area contributed by atoms with Crippen LogP contribution >= 0.6 is 10.7 Å². The molecule has 0 saturated carbocycles. The fraction of sp³-hybridized carbons (Fsp3) is 0.500. The maximum absolute atomic E-state index is 12.2. The number of ether oxygens (including phenoxy) is 2. The van der Waals surface area contributed by atoms with Gasteiger partial charge in [-0.3, -0.25) is 0 Å². The van der Waals surface area contributed by atoms with Gasteiger partial charge in [0.1, 0.15) is 17.4 Å². The Morgan fingerprint density at radius 2 is 1.90 bits per heavy atom. The normalized spacial score (nSPS) is 13.0. The van der Waals surface area contributed by atoms with Crippen molar-refractivity contribution in [1.29, 1.82) is 0 Å². The molecule has 0 spiro atoms. The smallest absolute Gasteiger partial charge is 0.342 e. The molecule has 0 radical (unpaired) electrons. The first-order chi connectivity index (χ1) is 9.66. The Morgan fingerprint density at radius 3 is 2.38 bits per heavy atom. The summed E-state index contributed by atoms with van der Waals surface area (Å²) in [6.07, 6.45) is -0.303. The second-order valence-electron chi connectivity index (χ2n) is 4.88. The monoisotopic (exact) mass is 334 g/mol. The van der Waals surface area contributed by atoms with Gasteiger partial charge in [-0.2, -0.15) is 0 Å². The Hall–Kier alpha value is -1.27. The van der Waals surface area contributed by atoms with Crippen molar-refractivity contribution < 1.29 is 22.7 Å². The molecule has 7 heteroatoms. The van der Waals surface area contributed by atoms with E-state index in [2.05, 4.69) is 0 Å². The van der Waals surface area contributed by atoms with Gasteiger partial charge in [0, 0.05) is 10.7 Å². The van der Waals surface area contributed by atoms with Gasteiger partial charge in [0.25, 0.3) is 9.05 Å². The van der Waals surface area contributed by atoms with E-state index >= 15 is 0 Å². The molecule has 118 valence electrons. The van der Waals surface area contributed by atoms with Gasteiger partial charge >= 0.3 is 5.97 Å². The summed E-state index contributed by atoms with van der Waals surface area (Å²) >= 11 is 0. The molecule has 0 bridgehead atoms. The number of hydrogen-bond donors (Lipinski definition) is 0. The van der Waals surface area contributed by atoms with Gasteiger partial charge in [0.2, 0.25) is 0 Å². The average molecular weight is 335 g/mol. The first kappa shape index (κ1) is 17.8. The number of esters is 1. The fourth-order valence-electron chi connectivity index (χ4n) is 1.47. The van der Waals surface area contributed by atoms with Crippen LogP contribution in [0.2, 0.25) is 0 Å². The lowest BCUT2D eigenvalue weighted by molar-refractivity contribution is 0.0234. The minimum Gasteiger partial charge on any atom is -0.493 e. The summed E-state index contributed by atoms with van der Waals surface area (Å²) in [4.78, 5) is 12.0. The van der Waals surface area contributed by atoms with E-state index in [0.29, 0.717) is 6.61 Å². The summed E-state index contributed by atoms with van der Waals surface area (Å²) < 4.78 is 33.4. The van der Waals surface area contributed by atoms with Crippen LogP contribution in [0.25, 0.3) is 0 Å². The summed E-state index contributed by atoms with van der Waals surface area (Å²) in [5.41, 5.74) is 0.0473. The quantitative estimate of drug-likeness (QED) is 0.590. The summed E-state index contributed by atoms with van der Waals surface area (Å²) in [6.45, 7) is 7.71. The van der Waals surface area contributed by atoms with E-state index in [0.717, 1.165) is 0 Å². The summed E-state index contributed by atoms with van der Waals surface area (Å²) in [5, 5.41) is 0. The van der Waals surface area contributed by atoms with E-state index in [1.165, 1.54) is 18.2 Å². The lowest BCUT2D eigenvalue weighted by Crippen LogP contribution is -2.21. The van der Waals surface area contributed by atoms with Gasteiger partial charge in [0.15, 0.2) is 0 Å². The van der Waals surface area contributed by atoms with Crippen LogP contribution < -0.4 is 4.74 Å². The molecule has 0 N–H and O–H groups in total. The molecule has 1 rings (SSSR count). The van der Waals surface area contributed by atoms with E-state index in [4.69, 9.17) is 20.2 Å². The molecule has 1 unspecified atom stereocenters. The van der Waals surface area contributed by atoms with Gasteiger partial charge in [-0.05, 0) is 38.0 Å². The number of carbonyl (C=O) groups is 1. The highest BCUT2D eigenvalue weighted by Crippen LogP contribution is 2.26. The molecule has 0 heterocycles. The van der Waals surface area contributed by atoms with Crippen molar-refractivity contribution in [2.45, 2.75) is 38.7 Å². The molecule has 0 saturated heterocycles. The molecular weight excluding hydrogens is 316 g/mol. The Kier molecular flexibility index (Phi) is 6.04. The topological polar surface area (TPSA) is 69.7 Å². The zero-order chi connectivity index (χ0) is 16.2. The van der Waals surface area contributed by atoms with E-state index in [-0.39, 0.29) is 28.2 Å². The van der Waals surface area contributed by atoms with Gasteiger partial charge in [-0.1, -0.05) is 13.8 Å². The molecule has 1 aromatic carbocycles. The second-order valence-corrected chi connectivity index (χ2v) is 7.45. The number of benzene rings is 1. The lowest BCUT2D eigenvalue weighted by atomic mass is 10.1. The van der Waals surface area contributed by atoms with Crippen LogP contribution in [0.3, 0.4) is 0 Å². The van der Waals surface area contributed by atoms with Crippen molar-refractivity contribution >= 4 is 25.7 Å². The SMILES string of the molecule is CCOc1ccc(S(=O)(=O)Cl)cc1C(=O)OC(C)C(C)C. The van der Waals surface area contributed by atoms with Crippen LogP contribution in [0.5, 0.6) is 5.75 Å². The minimum atomic E-state index is -3.93. The number of carbonyl (C=O) groups excluding carboxylic acids is 1. The zero-order valence-electron chi connectivity index (χ0n) is 12.4. The standard InChI is InChI=1S/C14H19ClO5S/c1-5-19-13-7-6-11(21(15,17)18)8-12(13)14(16)20-10(4)9(2)3/h6-10H,5H2,1-4H3. The molecule has 0 fully saturated rings. The van der Waals surface area contributed by atoms with Crippen LogP contribution in [0.15, 0.2) is 23.1 Å². The van der Waals surface area contributed by atoms with Crippen LogP contribution in [0.1, 0.15) is 38.1 Å². The molecule has 0 aliphatic carbocycles. The van der Waals surface area contributed by atoms with Crippen molar-refractivity contribution in [3.05, 3.63) is 23.8 Å². The largest absolute Gasteiger partial charge is 0.493 e. The summed E-state index contributed by atoms with van der Waals surface area (Å²) in [7, 11) is 1.37. The Balaban J connectivity index is 3.20. The summed E-state index contributed by atoms with van der Waals surface area (Å²) in [5.74, 6) is -0.228. The molecular formula is C14H19ClO5S. The van der Waals surface area contributed by atoms with Crippen molar-refractivity contribution in [1.82, 2.24) is 0 Å². The molecule has 21 heavy (non-hydrogen) atoms. The summed E-state index contributed by atoms with van der Waals surface area (Å²) in [6, 6.07) is 3.86. The second kappa shape index (κ2) is 7.13. The van der Waals surface area contributed by atoms with Gasteiger partial charge in [-0.25, -0.2) is 13.2 Å². The highest BCUT2D eigenvalue weighted by Gasteiger charge is 2.22. The molecule has 0 aliphatic heterocycles. The van der Waals surface area contributed by atoms with Crippen molar-refractivity contribution in [2.75, 3.05) is 6.61 Å². The zero-order valence-corrected chi connectivity index (χ0v) is 14.0. The molecule has 1 atom stereocenters. The first-order valence-corrected chi connectivity index (χ1v) is 8.90. The molecule has 0 amide bonds. The van der Waals surface area contributed by atoms with E-state index < -0.39 is 15.0 Å². The van der Waals surface area contributed by atoms with Crippen LogP contribution in [-0.4, -0.2) is 27.1 Å². The molecule has 5 nitrogen and oxygen atoms in total. The Morgan fingerprint density at radius 1 is 1.29 bits per heavy atom. The first-order valence-electron chi connectivity index (χ1n) is 6.59. The van der Waals surface area contributed by atoms with Gasteiger partial charge in [0.05, 0.1) is 11.5 Å². The van der Waals surface area contributed by atoms with Gasteiger partial charge < -0.3 is 9.47 Å². The van der Waals surface area contributed by atoms with Crippen LogP contribution in [0, 0.1) is 5.92 Å². The predicted octanol–water partition coefficient (Wildman–Crippen LogP) is 3.21. The highest BCUT2D eigenvalue weighted by atomic mass is 35.7. The lowest BCUT2D eigenvalue weighted by Gasteiger charge is -2.18. The fourth-order valence-corrected chi connectivity index (χ4v) is 2.25. The van der Waals surface area contributed by atoms with Crippen molar-refractivity contribution in [2.24, 2.45) is 5.92 Å². The van der Waals surface area contributed by atoms with Crippen LogP contribution in [0.4, 0.5) is 0 Å². The van der Waals surface area contributed by atoms with Crippen molar-refractivity contribution in [3.63, 3.8) is 0 Å². The van der Waals surface area contributed by atoms with Crippen LogP contribution in [-0.2, 0) is 13.8 Å². The average Bonchev–Trinajstić information content (AvgIpc) is 2.37. The number of rotatable bonds is 6. The number of halogens is 1. The third kappa shape index (κ3) is 4.89. The third-order valence-electron chi connectivity index (χ3n) is 2.98.